The van der Waals surface area contributed by atoms with Crippen LogP contribution in [-0.2, 0) is 4.74 Å². The summed E-state index contributed by atoms with van der Waals surface area (Å²) in [7, 11) is 1.36. The first kappa shape index (κ1) is 14.7. The van der Waals surface area contributed by atoms with E-state index in [0.717, 1.165) is 31.9 Å². The summed E-state index contributed by atoms with van der Waals surface area (Å²) < 4.78 is 4.57. The Balaban J connectivity index is 1.92. The van der Waals surface area contributed by atoms with E-state index in [1.54, 1.807) is 0 Å². The number of amides is 1. The molecule has 110 valence electrons. The quantitative estimate of drug-likeness (QED) is 0.921. The van der Waals surface area contributed by atoms with Crippen molar-refractivity contribution in [1.82, 2.24) is 4.90 Å². The zero-order valence-corrected chi connectivity index (χ0v) is 12.4. The molecule has 5 heteroatoms. The lowest BCUT2D eigenvalue weighted by Crippen LogP contribution is -2.48. The molecule has 0 radical (unpaired) electrons. The van der Waals surface area contributed by atoms with Gasteiger partial charge in [-0.3, -0.25) is 10.2 Å². The summed E-state index contributed by atoms with van der Waals surface area (Å²) in [6, 6.07) is 8.50. The van der Waals surface area contributed by atoms with Crippen LogP contribution < -0.4 is 10.2 Å². The third-order valence-electron chi connectivity index (χ3n) is 3.71. The number of ether oxygens (including phenoxy) is 1. The Morgan fingerprint density at radius 2 is 1.75 bits per heavy atom. The first-order valence-corrected chi connectivity index (χ1v) is 7.04. The first-order chi connectivity index (χ1) is 9.60. The van der Waals surface area contributed by atoms with Gasteiger partial charge in [0.05, 0.1) is 7.11 Å². The van der Waals surface area contributed by atoms with Crippen LogP contribution in [0.25, 0.3) is 0 Å². The normalized spacial score (nSPS) is 16.3. The van der Waals surface area contributed by atoms with E-state index in [1.165, 1.54) is 12.8 Å². The van der Waals surface area contributed by atoms with Crippen LogP contribution in [0.2, 0.25) is 0 Å². The molecular weight excluding hydrogens is 254 g/mol. The molecule has 0 bridgehead atoms. The summed E-state index contributed by atoms with van der Waals surface area (Å²) in [6.07, 6.45) is -0.441. The second-order valence-electron chi connectivity index (χ2n) is 5.28. The Bertz CT molecular complexity index is 437. The van der Waals surface area contributed by atoms with Crippen molar-refractivity contribution in [2.45, 2.75) is 19.9 Å². The minimum Gasteiger partial charge on any atom is -0.453 e. The number of carbonyl (C=O) groups is 1. The van der Waals surface area contributed by atoms with E-state index in [4.69, 9.17) is 0 Å². The Hall–Kier alpha value is -1.75. The number of benzene rings is 1. The van der Waals surface area contributed by atoms with Gasteiger partial charge in [-0.2, -0.15) is 0 Å². The summed E-state index contributed by atoms with van der Waals surface area (Å²) in [5.41, 5.74) is 1.95. The van der Waals surface area contributed by atoms with Crippen LogP contribution in [0.4, 0.5) is 16.2 Å². The van der Waals surface area contributed by atoms with Crippen molar-refractivity contribution in [2.75, 3.05) is 43.5 Å². The van der Waals surface area contributed by atoms with Gasteiger partial charge in [0.1, 0.15) is 0 Å². The van der Waals surface area contributed by atoms with Crippen molar-refractivity contribution in [2.24, 2.45) is 0 Å². The third kappa shape index (κ3) is 3.63. The summed E-state index contributed by atoms with van der Waals surface area (Å²) in [6.45, 7) is 8.76. The number of nitrogens with one attached hydrogen (secondary N) is 1. The highest BCUT2D eigenvalue weighted by Gasteiger charge is 2.18. The Kier molecular flexibility index (Phi) is 4.84. The molecule has 0 aromatic heterocycles. The molecule has 1 aromatic carbocycles. The monoisotopic (exact) mass is 277 g/mol. The minimum atomic E-state index is -0.441. The van der Waals surface area contributed by atoms with E-state index in [2.05, 4.69) is 33.7 Å². The van der Waals surface area contributed by atoms with Crippen molar-refractivity contribution in [1.29, 1.82) is 0 Å². The predicted molar refractivity (Wildman–Crippen MR) is 81.4 cm³/mol. The lowest BCUT2D eigenvalue weighted by molar-refractivity contribution is 0.187. The van der Waals surface area contributed by atoms with Gasteiger partial charge in [-0.25, -0.2) is 4.79 Å². The molecule has 0 saturated carbocycles. The standard InChI is InChI=1S/C15H23N3O2/c1-12(2)17-8-10-18(11-9-17)14-6-4-13(5-7-14)16-15(19)20-3/h4-7,12H,8-11H2,1-3H3,(H,16,19). The number of nitrogens with zero attached hydrogens (tertiary/aromatic N) is 2. The fourth-order valence-electron chi connectivity index (χ4n) is 2.42. The van der Waals surface area contributed by atoms with Gasteiger partial charge >= 0.3 is 6.09 Å². The van der Waals surface area contributed by atoms with Crippen molar-refractivity contribution >= 4 is 17.5 Å². The lowest BCUT2D eigenvalue weighted by Gasteiger charge is -2.38. The molecule has 0 unspecified atom stereocenters. The van der Waals surface area contributed by atoms with Crippen LogP contribution in [0.15, 0.2) is 24.3 Å². The smallest absolute Gasteiger partial charge is 0.411 e. The van der Waals surface area contributed by atoms with Gasteiger partial charge in [0.2, 0.25) is 0 Å². The van der Waals surface area contributed by atoms with Gasteiger partial charge in [0.25, 0.3) is 0 Å². The summed E-state index contributed by atoms with van der Waals surface area (Å²) in [5, 5.41) is 2.66. The molecular formula is C15H23N3O2. The Labute approximate surface area is 120 Å². The molecule has 1 aliphatic rings. The van der Waals surface area contributed by atoms with E-state index >= 15 is 0 Å². The molecule has 0 aliphatic carbocycles. The summed E-state index contributed by atoms with van der Waals surface area (Å²) >= 11 is 0. The maximum absolute atomic E-state index is 11.1. The van der Waals surface area contributed by atoms with Crippen LogP contribution in [-0.4, -0.2) is 50.3 Å². The van der Waals surface area contributed by atoms with E-state index < -0.39 is 6.09 Å². The van der Waals surface area contributed by atoms with Crippen molar-refractivity contribution in [3.63, 3.8) is 0 Å². The largest absolute Gasteiger partial charge is 0.453 e. The van der Waals surface area contributed by atoms with E-state index in [1.807, 2.05) is 24.3 Å². The summed E-state index contributed by atoms with van der Waals surface area (Å²) in [4.78, 5) is 16.0. The van der Waals surface area contributed by atoms with Gasteiger partial charge in [0, 0.05) is 43.6 Å². The average Bonchev–Trinajstić information content (AvgIpc) is 2.48. The molecule has 5 nitrogen and oxygen atoms in total. The topological polar surface area (TPSA) is 44.8 Å². The number of methoxy groups -OCH3 is 1. The number of rotatable bonds is 3. The second kappa shape index (κ2) is 6.61. The van der Waals surface area contributed by atoms with Crippen LogP contribution in [0.5, 0.6) is 0 Å². The van der Waals surface area contributed by atoms with Crippen LogP contribution in [0, 0.1) is 0 Å². The fourth-order valence-corrected chi connectivity index (χ4v) is 2.42. The SMILES string of the molecule is COC(=O)Nc1ccc(N2CCN(C(C)C)CC2)cc1. The highest BCUT2D eigenvalue weighted by Crippen LogP contribution is 2.20. The number of hydrogen-bond donors (Lipinski definition) is 1. The van der Waals surface area contributed by atoms with Crippen LogP contribution in [0.3, 0.4) is 0 Å². The lowest BCUT2D eigenvalue weighted by atomic mass is 10.2. The van der Waals surface area contributed by atoms with Gasteiger partial charge in [-0.15, -0.1) is 0 Å². The Morgan fingerprint density at radius 3 is 2.25 bits per heavy atom. The van der Waals surface area contributed by atoms with Crippen molar-refractivity contribution < 1.29 is 9.53 Å². The van der Waals surface area contributed by atoms with Gasteiger partial charge in [-0.05, 0) is 38.1 Å². The molecule has 1 aliphatic heterocycles. The molecule has 1 saturated heterocycles. The second-order valence-corrected chi connectivity index (χ2v) is 5.28. The predicted octanol–water partition coefficient (Wildman–Crippen LogP) is 2.40. The zero-order chi connectivity index (χ0) is 14.5. The number of piperazine rings is 1. The molecule has 1 fully saturated rings. The fraction of sp³-hybridized carbons (Fsp3) is 0.533. The molecule has 0 spiro atoms. The molecule has 1 amide bonds. The molecule has 1 N–H and O–H groups in total. The molecule has 1 heterocycles. The average molecular weight is 277 g/mol. The van der Waals surface area contributed by atoms with Gasteiger partial charge in [-0.1, -0.05) is 0 Å². The van der Waals surface area contributed by atoms with Gasteiger partial charge < -0.3 is 9.64 Å². The molecule has 2 rings (SSSR count). The van der Waals surface area contributed by atoms with E-state index in [0.29, 0.717) is 6.04 Å². The molecule has 1 aromatic rings. The highest BCUT2D eigenvalue weighted by molar-refractivity contribution is 5.84. The maximum atomic E-state index is 11.1. The van der Waals surface area contributed by atoms with E-state index in [9.17, 15) is 4.79 Å². The number of hydrogen-bond acceptors (Lipinski definition) is 4. The summed E-state index contributed by atoms with van der Waals surface area (Å²) in [5.74, 6) is 0. The molecule has 20 heavy (non-hydrogen) atoms. The van der Waals surface area contributed by atoms with E-state index in [-0.39, 0.29) is 0 Å². The number of anilines is 2. The first-order valence-electron chi connectivity index (χ1n) is 7.04. The molecule has 0 atom stereocenters. The maximum Gasteiger partial charge on any atom is 0.411 e. The van der Waals surface area contributed by atoms with Crippen LogP contribution >= 0.6 is 0 Å². The number of carbonyl (C=O) groups excluding carboxylic acids is 1. The van der Waals surface area contributed by atoms with Crippen molar-refractivity contribution in [3.8, 4) is 0 Å². The highest BCUT2D eigenvalue weighted by atomic mass is 16.5. The third-order valence-corrected chi connectivity index (χ3v) is 3.71. The van der Waals surface area contributed by atoms with Crippen LogP contribution in [0.1, 0.15) is 13.8 Å². The van der Waals surface area contributed by atoms with Crippen molar-refractivity contribution in [3.05, 3.63) is 24.3 Å². The minimum absolute atomic E-state index is 0.441. The zero-order valence-electron chi connectivity index (χ0n) is 12.4. The Morgan fingerprint density at radius 1 is 1.15 bits per heavy atom. The van der Waals surface area contributed by atoms with Gasteiger partial charge in [0.15, 0.2) is 0 Å².